The zero-order chi connectivity index (χ0) is 19.5. The molecule has 0 unspecified atom stereocenters. The molecule has 0 atom stereocenters. The lowest BCUT2D eigenvalue weighted by molar-refractivity contribution is 0.122. The average Bonchev–Trinajstić information content (AvgIpc) is 2.71. The van der Waals surface area contributed by atoms with Gasteiger partial charge in [0.05, 0.1) is 13.2 Å². The van der Waals surface area contributed by atoms with Crippen molar-refractivity contribution in [3.8, 4) is 0 Å². The highest BCUT2D eigenvalue weighted by Crippen LogP contribution is 2.21. The summed E-state index contributed by atoms with van der Waals surface area (Å²) in [6.45, 7) is 8.51. The predicted molar refractivity (Wildman–Crippen MR) is 104 cm³/mol. The van der Waals surface area contributed by atoms with E-state index < -0.39 is 5.82 Å². The van der Waals surface area contributed by atoms with E-state index in [0.717, 1.165) is 62.8 Å². The molecule has 1 aromatic carbocycles. The fourth-order valence-corrected chi connectivity index (χ4v) is 3.64. The van der Waals surface area contributed by atoms with Crippen molar-refractivity contribution in [3.05, 3.63) is 47.2 Å². The molecule has 1 aromatic heterocycles. The number of ether oxygens (including phenoxy) is 1. The maximum Gasteiger partial charge on any atom is 0.227 e. The predicted octanol–water partition coefficient (Wildman–Crippen LogP) is 2.22. The number of anilines is 2. The van der Waals surface area contributed by atoms with Gasteiger partial charge in [-0.2, -0.15) is 4.98 Å². The van der Waals surface area contributed by atoms with Crippen LogP contribution in [0.2, 0.25) is 0 Å². The Balaban J connectivity index is 1.40. The Bertz CT molecular complexity index is 820. The van der Waals surface area contributed by atoms with Gasteiger partial charge in [0.1, 0.15) is 17.5 Å². The summed E-state index contributed by atoms with van der Waals surface area (Å²) in [6.07, 6.45) is 0. The van der Waals surface area contributed by atoms with Gasteiger partial charge in [-0.25, -0.2) is 13.8 Å². The smallest absolute Gasteiger partial charge is 0.227 e. The van der Waals surface area contributed by atoms with Gasteiger partial charge < -0.3 is 14.5 Å². The summed E-state index contributed by atoms with van der Waals surface area (Å²) in [4.78, 5) is 15.9. The molecule has 0 saturated carbocycles. The second-order valence-electron chi connectivity index (χ2n) is 7.27. The van der Waals surface area contributed by atoms with Crippen LogP contribution >= 0.6 is 0 Å². The molecule has 150 valence electrons. The molecular weight excluding hydrogens is 364 g/mol. The number of morpholine rings is 1. The average molecular weight is 389 g/mol. The van der Waals surface area contributed by atoms with Crippen LogP contribution in [0.1, 0.15) is 11.3 Å². The molecule has 0 radical (unpaired) electrons. The number of hydrogen-bond donors (Lipinski definition) is 0. The van der Waals surface area contributed by atoms with Crippen LogP contribution in [0.4, 0.5) is 20.5 Å². The zero-order valence-electron chi connectivity index (χ0n) is 16.1. The van der Waals surface area contributed by atoms with E-state index in [1.807, 2.05) is 13.0 Å². The summed E-state index contributed by atoms with van der Waals surface area (Å²) in [7, 11) is 0. The molecule has 0 N–H and O–H groups in total. The molecule has 8 heteroatoms. The first-order chi connectivity index (χ1) is 13.6. The highest BCUT2D eigenvalue weighted by Gasteiger charge is 2.22. The van der Waals surface area contributed by atoms with Crippen LogP contribution in [0.5, 0.6) is 0 Å². The van der Waals surface area contributed by atoms with Crippen molar-refractivity contribution in [1.82, 2.24) is 14.9 Å². The minimum absolute atomic E-state index is 0.356. The Morgan fingerprint density at radius 1 is 0.929 bits per heavy atom. The van der Waals surface area contributed by atoms with Crippen LogP contribution in [-0.4, -0.2) is 67.4 Å². The van der Waals surface area contributed by atoms with Gasteiger partial charge in [0.15, 0.2) is 0 Å². The third kappa shape index (κ3) is 4.39. The second kappa shape index (κ2) is 8.36. The van der Waals surface area contributed by atoms with Crippen molar-refractivity contribution in [3.63, 3.8) is 0 Å². The first-order valence-electron chi connectivity index (χ1n) is 9.68. The molecule has 0 spiro atoms. The molecule has 2 saturated heterocycles. The maximum atomic E-state index is 13.9. The largest absolute Gasteiger partial charge is 0.378 e. The fraction of sp³-hybridized carbons (Fsp3) is 0.500. The molecule has 2 aliphatic heterocycles. The van der Waals surface area contributed by atoms with Gasteiger partial charge in [-0.15, -0.1) is 0 Å². The molecule has 2 aliphatic rings. The van der Waals surface area contributed by atoms with Gasteiger partial charge in [0, 0.05) is 63.1 Å². The van der Waals surface area contributed by atoms with Crippen LogP contribution in [0.3, 0.4) is 0 Å². The van der Waals surface area contributed by atoms with Gasteiger partial charge in [-0.3, -0.25) is 4.90 Å². The molecule has 28 heavy (non-hydrogen) atoms. The van der Waals surface area contributed by atoms with Crippen molar-refractivity contribution in [2.24, 2.45) is 0 Å². The number of aromatic nitrogens is 2. The molecule has 4 rings (SSSR count). The van der Waals surface area contributed by atoms with Crippen molar-refractivity contribution in [1.29, 1.82) is 0 Å². The van der Waals surface area contributed by atoms with Gasteiger partial charge in [-0.1, -0.05) is 0 Å². The molecule has 0 bridgehead atoms. The Kier molecular flexibility index (Phi) is 5.68. The van der Waals surface area contributed by atoms with E-state index in [1.54, 1.807) is 0 Å². The van der Waals surface area contributed by atoms with E-state index in [0.29, 0.717) is 25.3 Å². The third-order valence-corrected chi connectivity index (χ3v) is 5.22. The minimum Gasteiger partial charge on any atom is -0.378 e. The SMILES string of the molecule is Cc1cc(N2CCN(Cc3cc(F)ccc3F)CC2)nc(N2CCOCC2)n1. The van der Waals surface area contributed by atoms with Crippen LogP contribution in [0.25, 0.3) is 0 Å². The van der Waals surface area contributed by atoms with Crippen molar-refractivity contribution in [2.75, 3.05) is 62.3 Å². The number of halogens is 2. The topological polar surface area (TPSA) is 44.7 Å². The van der Waals surface area contributed by atoms with Crippen LogP contribution in [-0.2, 0) is 11.3 Å². The van der Waals surface area contributed by atoms with E-state index in [-0.39, 0.29) is 5.82 Å². The highest BCUT2D eigenvalue weighted by atomic mass is 19.1. The second-order valence-corrected chi connectivity index (χ2v) is 7.27. The summed E-state index contributed by atoms with van der Waals surface area (Å²) < 4.78 is 32.7. The van der Waals surface area contributed by atoms with Gasteiger partial charge in [-0.05, 0) is 25.1 Å². The Labute approximate surface area is 163 Å². The van der Waals surface area contributed by atoms with E-state index >= 15 is 0 Å². The van der Waals surface area contributed by atoms with Crippen molar-refractivity contribution >= 4 is 11.8 Å². The Morgan fingerprint density at radius 3 is 2.43 bits per heavy atom. The molecule has 0 amide bonds. The number of piperazine rings is 1. The van der Waals surface area contributed by atoms with Gasteiger partial charge in [0.25, 0.3) is 0 Å². The summed E-state index contributed by atoms with van der Waals surface area (Å²) >= 11 is 0. The standard InChI is InChI=1S/C20H25F2N5O/c1-15-12-19(24-20(23-15)27-8-10-28-11-9-27)26-6-4-25(5-7-26)14-16-13-17(21)2-3-18(16)22/h2-3,12-13H,4-11,14H2,1H3. The van der Waals surface area contributed by atoms with Gasteiger partial charge >= 0.3 is 0 Å². The number of benzene rings is 1. The summed E-state index contributed by atoms with van der Waals surface area (Å²) in [6, 6.07) is 5.63. The maximum absolute atomic E-state index is 13.9. The Hall–Kier alpha value is -2.32. The van der Waals surface area contributed by atoms with Crippen molar-refractivity contribution < 1.29 is 13.5 Å². The zero-order valence-corrected chi connectivity index (χ0v) is 16.1. The summed E-state index contributed by atoms with van der Waals surface area (Å²) in [5.74, 6) is 0.917. The van der Waals surface area contributed by atoms with E-state index in [1.165, 1.54) is 12.1 Å². The van der Waals surface area contributed by atoms with Crippen LogP contribution in [0, 0.1) is 18.6 Å². The fourth-order valence-electron chi connectivity index (χ4n) is 3.64. The lowest BCUT2D eigenvalue weighted by Gasteiger charge is -2.36. The monoisotopic (exact) mass is 389 g/mol. The Morgan fingerprint density at radius 2 is 1.68 bits per heavy atom. The quantitative estimate of drug-likeness (QED) is 0.799. The highest BCUT2D eigenvalue weighted by molar-refractivity contribution is 5.46. The number of hydrogen-bond acceptors (Lipinski definition) is 6. The number of rotatable bonds is 4. The van der Waals surface area contributed by atoms with Crippen LogP contribution < -0.4 is 9.80 Å². The lowest BCUT2D eigenvalue weighted by atomic mass is 10.1. The van der Waals surface area contributed by atoms with Crippen molar-refractivity contribution in [2.45, 2.75) is 13.5 Å². The third-order valence-electron chi connectivity index (χ3n) is 5.22. The summed E-state index contributed by atoms with van der Waals surface area (Å²) in [5.41, 5.74) is 1.34. The van der Waals surface area contributed by atoms with E-state index in [9.17, 15) is 8.78 Å². The first-order valence-corrected chi connectivity index (χ1v) is 9.68. The lowest BCUT2D eigenvalue weighted by Crippen LogP contribution is -2.46. The minimum atomic E-state index is -0.401. The van der Waals surface area contributed by atoms with Crippen LogP contribution in [0.15, 0.2) is 24.3 Å². The van der Waals surface area contributed by atoms with E-state index in [4.69, 9.17) is 9.72 Å². The normalized spacial score (nSPS) is 18.5. The molecule has 0 aliphatic carbocycles. The molecule has 2 fully saturated rings. The number of aryl methyl sites for hydroxylation is 1. The molecule has 3 heterocycles. The van der Waals surface area contributed by atoms with E-state index in [2.05, 4.69) is 19.7 Å². The molecule has 2 aromatic rings. The van der Waals surface area contributed by atoms with Gasteiger partial charge in [0.2, 0.25) is 5.95 Å². The number of nitrogens with zero attached hydrogens (tertiary/aromatic N) is 5. The molecule has 6 nitrogen and oxygen atoms in total. The molecular formula is C20H25F2N5O. The summed E-state index contributed by atoms with van der Waals surface area (Å²) in [5, 5.41) is 0. The first kappa shape index (κ1) is 19.0.